The van der Waals surface area contributed by atoms with Gasteiger partial charge in [0.05, 0.1) is 12.7 Å². The van der Waals surface area contributed by atoms with E-state index in [1.807, 2.05) is 31.2 Å². The molecule has 0 saturated heterocycles. The van der Waals surface area contributed by atoms with Gasteiger partial charge in [-0.05, 0) is 55.0 Å². The van der Waals surface area contributed by atoms with Crippen molar-refractivity contribution in [3.05, 3.63) is 53.6 Å². The van der Waals surface area contributed by atoms with Crippen LogP contribution in [0.15, 0.2) is 52.3 Å². The molecule has 4 heteroatoms. The monoisotopic (exact) mass is 274 g/mol. The minimum atomic E-state index is -0.336. The lowest BCUT2D eigenvalue weighted by Crippen LogP contribution is -2.00. The van der Waals surface area contributed by atoms with Gasteiger partial charge in [0.25, 0.3) is 0 Å². The molecular weight excluding hydrogens is 260 g/mol. The SMILES string of the molecule is COC(=O)c1ccc(Sc2ccc(O)c(C)c2)cc1. The summed E-state index contributed by atoms with van der Waals surface area (Å²) >= 11 is 1.58. The largest absolute Gasteiger partial charge is 0.508 e. The van der Waals surface area contributed by atoms with Crippen LogP contribution < -0.4 is 0 Å². The average molecular weight is 274 g/mol. The molecule has 0 amide bonds. The van der Waals surface area contributed by atoms with E-state index in [-0.39, 0.29) is 5.97 Å². The van der Waals surface area contributed by atoms with Crippen molar-refractivity contribution in [3.8, 4) is 5.75 Å². The van der Waals surface area contributed by atoms with Crippen LogP contribution in [-0.2, 0) is 4.74 Å². The fourth-order valence-corrected chi connectivity index (χ4v) is 2.52. The van der Waals surface area contributed by atoms with Crippen LogP contribution in [0.25, 0.3) is 0 Å². The molecule has 0 aromatic heterocycles. The van der Waals surface area contributed by atoms with Crippen molar-refractivity contribution in [2.45, 2.75) is 16.7 Å². The lowest BCUT2D eigenvalue weighted by atomic mass is 10.2. The molecule has 0 saturated carbocycles. The van der Waals surface area contributed by atoms with E-state index in [9.17, 15) is 9.90 Å². The Balaban J connectivity index is 2.15. The Kier molecular flexibility index (Phi) is 4.12. The highest BCUT2D eigenvalue weighted by molar-refractivity contribution is 7.99. The van der Waals surface area contributed by atoms with Crippen LogP contribution in [0.5, 0.6) is 5.75 Å². The summed E-state index contributed by atoms with van der Waals surface area (Å²) in [5.74, 6) is -0.0394. The van der Waals surface area contributed by atoms with Crippen LogP contribution >= 0.6 is 11.8 Å². The topological polar surface area (TPSA) is 46.5 Å². The maximum absolute atomic E-state index is 11.3. The van der Waals surface area contributed by atoms with E-state index in [2.05, 4.69) is 4.74 Å². The average Bonchev–Trinajstić information content (AvgIpc) is 2.43. The molecular formula is C15H14O3S. The predicted molar refractivity (Wildman–Crippen MR) is 74.7 cm³/mol. The van der Waals surface area contributed by atoms with E-state index in [4.69, 9.17) is 0 Å². The molecule has 0 aliphatic heterocycles. The second-order valence-corrected chi connectivity index (χ2v) is 5.21. The van der Waals surface area contributed by atoms with Gasteiger partial charge in [0.15, 0.2) is 0 Å². The number of phenolic OH excluding ortho intramolecular Hbond substituents is 1. The molecule has 2 aromatic carbocycles. The fourth-order valence-electron chi connectivity index (χ4n) is 1.60. The number of carbonyl (C=O) groups is 1. The number of hydrogen-bond acceptors (Lipinski definition) is 4. The quantitative estimate of drug-likeness (QED) is 0.868. The van der Waals surface area contributed by atoms with Gasteiger partial charge in [-0.2, -0.15) is 0 Å². The molecule has 0 heterocycles. The van der Waals surface area contributed by atoms with Gasteiger partial charge >= 0.3 is 5.97 Å². The van der Waals surface area contributed by atoms with Gasteiger partial charge in [-0.15, -0.1) is 0 Å². The zero-order chi connectivity index (χ0) is 13.8. The highest BCUT2D eigenvalue weighted by atomic mass is 32.2. The van der Waals surface area contributed by atoms with Gasteiger partial charge in [-0.1, -0.05) is 11.8 Å². The number of ether oxygens (including phenoxy) is 1. The van der Waals surface area contributed by atoms with Crippen molar-refractivity contribution in [3.63, 3.8) is 0 Å². The summed E-state index contributed by atoms with van der Waals surface area (Å²) in [7, 11) is 1.37. The Morgan fingerprint density at radius 1 is 1.11 bits per heavy atom. The van der Waals surface area contributed by atoms with Crippen LogP contribution in [0.2, 0.25) is 0 Å². The number of rotatable bonds is 3. The number of aryl methyl sites for hydroxylation is 1. The third-order valence-electron chi connectivity index (χ3n) is 2.68. The van der Waals surface area contributed by atoms with Gasteiger partial charge in [-0.25, -0.2) is 4.79 Å². The smallest absolute Gasteiger partial charge is 0.337 e. The molecule has 0 spiro atoms. The number of carbonyl (C=O) groups excluding carboxylic acids is 1. The molecule has 0 atom stereocenters. The molecule has 0 aliphatic rings. The second-order valence-electron chi connectivity index (χ2n) is 4.07. The van der Waals surface area contributed by atoms with Crippen molar-refractivity contribution in [1.82, 2.24) is 0 Å². The standard InChI is InChI=1S/C15H14O3S/c1-10-9-13(7-8-14(10)16)19-12-5-3-11(4-6-12)15(17)18-2/h3-9,16H,1-2H3. The van der Waals surface area contributed by atoms with Crippen LogP contribution in [0, 0.1) is 6.92 Å². The predicted octanol–water partition coefficient (Wildman–Crippen LogP) is 3.64. The Morgan fingerprint density at radius 3 is 2.32 bits per heavy atom. The third kappa shape index (κ3) is 3.29. The molecule has 0 fully saturated rings. The van der Waals surface area contributed by atoms with Crippen LogP contribution in [0.4, 0.5) is 0 Å². The third-order valence-corrected chi connectivity index (χ3v) is 3.68. The lowest BCUT2D eigenvalue weighted by molar-refractivity contribution is 0.0600. The summed E-state index contributed by atoms with van der Waals surface area (Å²) in [6.45, 7) is 1.86. The van der Waals surface area contributed by atoms with E-state index in [1.165, 1.54) is 7.11 Å². The minimum absolute atomic E-state index is 0.297. The van der Waals surface area contributed by atoms with Gasteiger partial charge < -0.3 is 9.84 Å². The van der Waals surface area contributed by atoms with Crippen LogP contribution in [0.3, 0.4) is 0 Å². The number of phenols is 1. The minimum Gasteiger partial charge on any atom is -0.508 e. The van der Waals surface area contributed by atoms with E-state index in [1.54, 1.807) is 30.0 Å². The molecule has 2 aromatic rings. The first-order valence-corrected chi connectivity index (χ1v) is 6.57. The number of methoxy groups -OCH3 is 1. The molecule has 0 radical (unpaired) electrons. The summed E-state index contributed by atoms with van der Waals surface area (Å²) in [4.78, 5) is 13.4. The van der Waals surface area contributed by atoms with E-state index in [0.717, 1.165) is 15.4 Å². The Labute approximate surface area is 116 Å². The summed E-state index contributed by atoms with van der Waals surface area (Å²) in [6.07, 6.45) is 0. The van der Waals surface area contributed by atoms with E-state index >= 15 is 0 Å². The zero-order valence-electron chi connectivity index (χ0n) is 10.7. The highest BCUT2D eigenvalue weighted by Crippen LogP contribution is 2.30. The van der Waals surface area contributed by atoms with Gasteiger partial charge in [0, 0.05) is 9.79 Å². The van der Waals surface area contributed by atoms with Gasteiger partial charge in [-0.3, -0.25) is 0 Å². The lowest BCUT2D eigenvalue weighted by Gasteiger charge is -2.05. The molecule has 2 rings (SSSR count). The first-order chi connectivity index (χ1) is 9.10. The summed E-state index contributed by atoms with van der Waals surface area (Å²) < 4.78 is 4.65. The van der Waals surface area contributed by atoms with Crippen molar-refractivity contribution < 1.29 is 14.6 Å². The zero-order valence-corrected chi connectivity index (χ0v) is 11.5. The van der Waals surface area contributed by atoms with Crippen LogP contribution in [-0.4, -0.2) is 18.2 Å². The molecule has 3 nitrogen and oxygen atoms in total. The summed E-state index contributed by atoms with van der Waals surface area (Å²) in [6, 6.07) is 12.7. The number of esters is 1. The molecule has 1 N–H and O–H groups in total. The number of hydrogen-bond donors (Lipinski definition) is 1. The van der Waals surface area contributed by atoms with E-state index < -0.39 is 0 Å². The number of benzene rings is 2. The molecule has 0 aliphatic carbocycles. The second kappa shape index (κ2) is 5.80. The van der Waals surface area contributed by atoms with Crippen molar-refractivity contribution in [2.24, 2.45) is 0 Å². The van der Waals surface area contributed by atoms with E-state index in [0.29, 0.717) is 11.3 Å². The van der Waals surface area contributed by atoms with Gasteiger partial charge in [0.2, 0.25) is 0 Å². The highest BCUT2D eigenvalue weighted by Gasteiger charge is 2.05. The van der Waals surface area contributed by atoms with Crippen molar-refractivity contribution in [2.75, 3.05) is 7.11 Å². The fraction of sp³-hybridized carbons (Fsp3) is 0.133. The first kappa shape index (κ1) is 13.5. The molecule has 98 valence electrons. The maximum Gasteiger partial charge on any atom is 0.337 e. The van der Waals surface area contributed by atoms with Crippen molar-refractivity contribution in [1.29, 1.82) is 0 Å². The van der Waals surface area contributed by atoms with Crippen molar-refractivity contribution >= 4 is 17.7 Å². The molecule has 19 heavy (non-hydrogen) atoms. The maximum atomic E-state index is 11.3. The first-order valence-electron chi connectivity index (χ1n) is 5.76. The Morgan fingerprint density at radius 2 is 1.74 bits per heavy atom. The molecule has 0 unspecified atom stereocenters. The summed E-state index contributed by atoms with van der Waals surface area (Å²) in [5, 5.41) is 9.47. The summed E-state index contributed by atoms with van der Waals surface area (Å²) in [5.41, 5.74) is 1.38. The van der Waals surface area contributed by atoms with Gasteiger partial charge in [0.1, 0.15) is 5.75 Å². The Bertz CT molecular complexity index is 591. The number of aromatic hydroxyl groups is 1. The normalized spacial score (nSPS) is 10.2. The molecule has 0 bridgehead atoms. The Hall–Kier alpha value is -1.94. The van der Waals surface area contributed by atoms with Crippen LogP contribution in [0.1, 0.15) is 15.9 Å².